The zero-order valence-electron chi connectivity index (χ0n) is 10.6. The Morgan fingerprint density at radius 1 is 1.05 bits per heavy atom. The van der Waals surface area contributed by atoms with Gasteiger partial charge in [-0.25, -0.2) is 0 Å². The van der Waals surface area contributed by atoms with Gasteiger partial charge < -0.3 is 5.11 Å². The second kappa shape index (κ2) is 4.52. The van der Waals surface area contributed by atoms with Gasteiger partial charge in [-0.2, -0.15) is 0 Å². The van der Waals surface area contributed by atoms with Crippen LogP contribution in [0.25, 0.3) is 0 Å². The lowest BCUT2D eigenvalue weighted by molar-refractivity contribution is 0.0830. The first-order valence-corrected chi connectivity index (χ1v) is 7.04. The molecule has 1 aliphatic carbocycles. The van der Waals surface area contributed by atoms with Crippen molar-refractivity contribution in [2.24, 2.45) is 0 Å². The maximum atomic E-state index is 11.1. The lowest BCUT2D eigenvalue weighted by Crippen LogP contribution is -2.24. The zero-order chi connectivity index (χ0) is 13.6. The molecule has 2 aromatic carbocycles. The van der Waals surface area contributed by atoms with E-state index in [-0.39, 0.29) is 0 Å². The number of hydrogen-bond donors (Lipinski definition) is 1. The van der Waals surface area contributed by atoms with Crippen molar-refractivity contribution in [3.63, 3.8) is 0 Å². The molecule has 1 atom stereocenters. The molecule has 0 aromatic heterocycles. The van der Waals surface area contributed by atoms with Gasteiger partial charge in [0.15, 0.2) is 0 Å². The van der Waals surface area contributed by atoms with Crippen LogP contribution in [0.5, 0.6) is 0 Å². The fourth-order valence-electron chi connectivity index (χ4n) is 2.84. The minimum absolute atomic E-state index is 0.557. The lowest BCUT2D eigenvalue weighted by atomic mass is 9.87. The van der Waals surface area contributed by atoms with Gasteiger partial charge in [-0.3, -0.25) is 0 Å². The third-order valence-electron chi connectivity index (χ3n) is 3.84. The number of hydrogen-bond acceptors (Lipinski definition) is 1. The van der Waals surface area contributed by atoms with Crippen LogP contribution >= 0.6 is 23.2 Å². The highest BCUT2D eigenvalue weighted by Gasteiger charge is 2.39. The van der Waals surface area contributed by atoms with Crippen molar-refractivity contribution in [3.05, 3.63) is 68.7 Å². The molecule has 3 heteroatoms. The van der Waals surface area contributed by atoms with E-state index in [1.807, 2.05) is 13.0 Å². The molecule has 1 N–H and O–H groups in total. The summed E-state index contributed by atoms with van der Waals surface area (Å²) in [5.41, 5.74) is 2.95. The first-order valence-electron chi connectivity index (χ1n) is 6.28. The number of fused-ring (bicyclic) bond motifs is 1. The van der Waals surface area contributed by atoms with Gasteiger partial charge in [-0.15, -0.1) is 0 Å². The number of aliphatic hydroxyl groups is 1. The van der Waals surface area contributed by atoms with Crippen LogP contribution in [-0.4, -0.2) is 5.11 Å². The molecule has 3 rings (SSSR count). The molecule has 0 heterocycles. The predicted molar refractivity (Wildman–Crippen MR) is 79.0 cm³/mol. The van der Waals surface area contributed by atoms with Crippen molar-refractivity contribution in [3.8, 4) is 0 Å². The highest BCUT2D eigenvalue weighted by Crippen LogP contribution is 2.45. The van der Waals surface area contributed by atoms with Crippen LogP contribution in [0.15, 0.2) is 36.4 Å². The fraction of sp³-hybridized carbons (Fsp3) is 0.250. The van der Waals surface area contributed by atoms with Gasteiger partial charge in [0, 0.05) is 15.6 Å². The number of rotatable bonds is 1. The smallest absolute Gasteiger partial charge is 0.117 e. The Balaban J connectivity index is 2.21. The number of benzene rings is 2. The largest absolute Gasteiger partial charge is 0.380 e. The SMILES string of the molecule is Cc1ccc2c(c1)C(O)(c1cc(Cl)ccc1Cl)CC2. The van der Waals surface area contributed by atoms with E-state index in [9.17, 15) is 5.11 Å². The highest BCUT2D eigenvalue weighted by atomic mass is 35.5. The molecule has 0 amide bonds. The topological polar surface area (TPSA) is 20.2 Å². The summed E-state index contributed by atoms with van der Waals surface area (Å²) in [6.07, 6.45) is 1.50. The molecule has 19 heavy (non-hydrogen) atoms. The normalized spacial score (nSPS) is 21.5. The summed E-state index contributed by atoms with van der Waals surface area (Å²) in [6, 6.07) is 11.4. The van der Waals surface area contributed by atoms with Crippen LogP contribution in [0, 0.1) is 6.92 Å². The molecule has 0 saturated heterocycles. The average Bonchev–Trinajstić information content (AvgIpc) is 2.71. The van der Waals surface area contributed by atoms with E-state index in [0.29, 0.717) is 22.0 Å². The van der Waals surface area contributed by atoms with E-state index in [0.717, 1.165) is 17.5 Å². The molecule has 0 spiro atoms. The molecule has 1 aliphatic rings. The maximum absolute atomic E-state index is 11.1. The quantitative estimate of drug-likeness (QED) is 0.821. The number of halogens is 2. The van der Waals surface area contributed by atoms with Crippen molar-refractivity contribution < 1.29 is 5.11 Å². The Kier molecular flexibility index (Phi) is 3.09. The predicted octanol–water partition coefficient (Wildman–Crippen LogP) is 4.48. The summed E-state index contributed by atoms with van der Waals surface area (Å²) >= 11 is 12.3. The number of aryl methyl sites for hydroxylation is 2. The second-order valence-electron chi connectivity index (χ2n) is 5.15. The van der Waals surface area contributed by atoms with Crippen molar-refractivity contribution in [1.82, 2.24) is 0 Å². The van der Waals surface area contributed by atoms with Gasteiger partial charge in [0.25, 0.3) is 0 Å². The lowest BCUT2D eigenvalue weighted by Gasteiger charge is -2.26. The Morgan fingerprint density at radius 2 is 1.84 bits per heavy atom. The van der Waals surface area contributed by atoms with Crippen LogP contribution in [0.1, 0.15) is 28.7 Å². The monoisotopic (exact) mass is 292 g/mol. The van der Waals surface area contributed by atoms with Gasteiger partial charge in [0.05, 0.1) is 0 Å². The molecule has 0 fully saturated rings. The van der Waals surface area contributed by atoms with E-state index in [1.54, 1.807) is 18.2 Å². The second-order valence-corrected chi connectivity index (χ2v) is 5.99. The summed E-state index contributed by atoms with van der Waals surface area (Å²) < 4.78 is 0. The average molecular weight is 293 g/mol. The van der Waals surface area contributed by atoms with Crippen molar-refractivity contribution in [2.75, 3.05) is 0 Å². The molecule has 2 aromatic rings. The van der Waals surface area contributed by atoms with Gasteiger partial charge in [0.1, 0.15) is 5.60 Å². The van der Waals surface area contributed by atoms with E-state index in [1.165, 1.54) is 5.56 Å². The van der Waals surface area contributed by atoms with Gasteiger partial charge >= 0.3 is 0 Å². The standard InChI is InChI=1S/C16H14Cl2O/c1-10-2-3-11-6-7-16(19,13(11)8-10)14-9-12(17)4-5-15(14)18/h2-5,8-9,19H,6-7H2,1H3. The molecule has 1 nitrogen and oxygen atoms in total. The maximum Gasteiger partial charge on any atom is 0.117 e. The third kappa shape index (κ3) is 2.06. The molecule has 0 bridgehead atoms. The Hall–Kier alpha value is -1.02. The van der Waals surface area contributed by atoms with Crippen molar-refractivity contribution in [1.29, 1.82) is 0 Å². The van der Waals surface area contributed by atoms with Crippen molar-refractivity contribution >= 4 is 23.2 Å². The molecule has 98 valence electrons. The summed E-state index contributed by atoms with van der Waals surface area (Å²) in [5.74, 6) is 0. The fourth-order valence-corrected chi connectivity index (χ4v) is 3.28. The molecular formula is C16H14Cl2O. The summed E-state index contributed by atoms with van der Waals surface area (Å²) in [4.78, 5) is 0. The Labute approximate surface area is 122 Å². The van der Waals surface area contributed by atoms with E-state index < -0.39 is 5.60 Å². The third-order valence-corrected chi connectivity index (χ3v) is 4.41. The van der Waals surface area contributed by atoms with Gasteiger partial charge in [-0.05, 0) is 49.1 Å². The Bertz CT molecular complexity index is 651. The van der Waals surface area contributed by atoms with E-state index in [4.69, 9.17) is 23.2 Å². The summed E-state index contributed by atoms with van der Waals surface area (Å²) in [7, 11) is 0. The minimum Gasteiger partial charge on any atom is -0.380 e. The minimum atomic E-state index is -1.02. The molecule has 0 saturated carbocycles. The van der Waals surface area contributed by atoms with E-state index in [2.05, 4.69) is 12.1 Å². The van der Waals surface area contributed by atoms with Crippen molar-refractivity contribution in [2.45, 2.75) is 25.4 Å². The van der Waals surface area contributed by atoms with Crippen LogP contribution in [-0.2, 0) is 12.0 Å². The van der Waals surface area contributed by atoms with Crippen LogP contribution in [0.2, 0.25) is 10.0 Å². The highest BCUT2D eigenvalue weighted by molar-refractivity contribution is 6.33. The first-order chi connectivity index (χ1) is 9.00. The van der Waals surface area contributed by atoms with Crippen LogP contribution in [0.4, 0.5) is 0 Å². The van der Waals surface area contributed by atoms with Gasteiger partial charge in [0.2, 0.25) is 0 Å². The zero-order valence-corrected chi connectivity index (χ0v) is 12.1. The Morgan fingerprint density at radius 3 is 2.63 bits per heavy atom. The van der Waals surface area contributed by atoms with Crippen LogP contribution < -0.4 is 0 Å². The van der Waals surface area contributed by atoms with E-state index >= 15 is 0 Å². The molecular weight excluding hydrogens is 279 g/mol. The molecule has 0 radical (unpaired) electrons. The molecule has 0 aliphatic heterocycles. The summed E-state index contributed by atoms with van der Waals surface area (Å²) in [6.45, 7) is 2.03. The summed E-state index contributed by atoms with van der Waals surface area (Å²) in [5, 5.41) is 12.2. The van der Waals surface area contributed by atoms with Crippen LogP contribution in [0.3, 0.4) is 0 Å². The first kappa shape index (κ1) is 13.0. The van der Waals surface area contributed by atoms with Gasteiger partial charge in [-0.1, -0.05) is 47.0 Å². The molecule has 1 unspecified atom stereocenters.